The first-order valence-corrected chi connectivity index (χ1v) is 5.85. The molecule has 0 amide bonds. The van der Waals surface area contributed by atoms with Crippen molar-refractivity contribution in [3.8, 4) is 0 Å². The molecule has 1 fully saturated rings. The monoisotopic (exact) mass is 359 g/mol. The number of halogens is 2. The first-order valence-electron chi connectivity index (χ1n) is 5.85. The minimum Gasteiger partial charge on any atom is -0.373 e. The highest BCUT2D eigenvalue weighted by molar-refractivity contribution is 14.0. The van der Waals surface area contributed by atoms with Crippen molar-refractivity contribution in [2.45, 2.75) is 31.8 Å². The molecule has 2 N–H and O–H groups in total. The van der Waals surface area contributed by atoms with Gasteiger partial charge in [-0.25, -0.2) is 0 Å². The van der Waals surface area contributed by atoms with E-state index < -0.39 is 0 Å². The Labute approximate surface area is 120 Å². The molecule has 0 aromatic heterocycles. The number of hydrogen-bond acceptors (Lipinski definition) is 2. The van der Waals surface area contributed by atoms with Gasteiger partial charge in [-0.2, -0.15) is 0 Å². The van der Waals surface area contributed by atoms with E-state index in [0.29, 0.717) is 18.9 Å². The van der Waals surface area contributed by atoms with Crippen molar-refractivity contribution < 1.29 is 9.13 Å². The first-order chi connectivity index (χ1) is 7.70. The molecule has 0 aromatic rings. The zero-order valence-electron chi connectivity index (χ0n) is 10.6. The summed E-state index contributed by atoms with van der Waals surface area (Å²) < 4.78 is 17.6. The number of nitrogens with one attached hydrogen (secondary N) is 2. The summed E-state index contributed by atoms with van der Waals surface area (Å²) in [7, 11) is 1.71. The molecule has 0 spiro atoms. The highest BCUT2D eigenvalue weighted by atomic mass is 127. The fourth-order valence-electron chi connectivity index (χ4n) is 1.74. The fourth-order valence-corrected chi connectivity index (χ4v) is 1.74. The van der Waals surface area contributed by atoms with Crippen molar-refractivity contribution >= 4 is 29.9 Å². The van der Waals surface area contributed by atoms with Crippen molar-refractivity contribution in [1.29, 1.82) is 0 Å². The van der Waals surface area contributed by atoms with Crippen LogP contribution in [-0.4, -0.2) is 45.0 Å². The number of aliphatic imine (C=N–C) groups is 1. The summed E-state index contributed by atoms with van der Waals surface area (Å²) in [5.41, 5.74) is -0.0856. The van der Waals surface area contributed by atoms with E-state index in [2.05, 4.69) is 22.5 Å². The van der Waals surface area contributed by atoms with Crippen LogP contribution in [0.15, 0.2) is 4.99 Å². The van der Waals surface area contributed by atoms with Gasteiger partial charge < -0.3 is 15.4 Å². The lowest BCUT2D eigenvalue weighted by atomic mass is 10.0. The highest BCUT2D eigenvalue weighted by Gasteiger charge is 2.29. The van der Waals surface area contributed by atoms with Crippen LogP contribution in [0.1, 0.15) is 26.2 Å². The molecule has 0 saturated carbocycles. The molecule has 0 aromatic carbocycles. The summed E-state index contributed by atoms with van der Waals surface area (Å²) in [4.78, 5) is 4.07. The van der Waals surface area contributed by atoms with E-state index in [1.165, 1.54) is 0 Å². The number of guanidine groups is 1. The van der Waals surface area contributed by atoms with Crippen LogP contribution in [0.5, 0.6) is 0 Å². The summed E-state index contributed by atoms with van der Waals surface area (Å²) in [5, 5.41) is 6.26. The maximum absolute atomic E-state index is 11.9. The molecule has 1 saturated heterocycles. The van der Waals surface area contributed by atoms with Gasteiger partial charge >= 0.3 is 0 Å². The van der Waals surface area contributed by atoms with E-state index in [4.69, 9.17) is 4.74 Å². The van der Waals surface area contributed by atoms with E-state index in [1.54, 1.807) is 7.05 Å². The summed E-state index contributed by atoms with van der Waals surface area (Å²) >= 11 is 0. The molecule has 4 nitrogen and oxygen atoms in total. The molecule has 1 unspecified atom stereocenters. The van der Waals surface area contributed by atoms with Gasteiger partial charge in [-0.15, -0.1) is 24.0 Å². The molecule has 1 aliphatic heterocycles. The van der Waals surface area contributed by atoms with Gasteiger partial charge in [0.25, 0.3) is 0 Å². The molecule has 0 aliphatic carbocycles. The maximum Gasteiger partial charge on any atom is 0.191 e. The molecule has 1 heterocycles. The molecule has 0 radical (unpaired) electrons. The molecule has 1 aliphatic rings. The van der Waals surface area contributed by atoms with E-state index in [0.717, 1.165) is 26.0 Å². The Hall–Kier alpha value is -0.110. The molecule has 102 valence electrons. The molecule has 1 rings (SSSR count). The predicted molar refractivity (Wildman–Crippen MR) is 79.0 cm³/mol. The standard InChI is InChI=1S/C11H22FN3O.HI/c1-11(5-3-8-16-11)9-15-10(13-2)14-7-4-6-12;/h3-9H2,1-2H3,(H2,13,14,15);1H. The van der Waals surface area contributed by atoms with Gasteiger partial charge in [-0.3, -0.25) is 9.38 Å². The SMILES string of the molecule is CN=C(NCCCF)NCC1(C)CCCO1.I. The molecule has 17 heavy (non-hydrogen) atoms. The van der Waals surface area contributed by atoms with E-state index in [1.807, 2.05) is 0 Å². The van der Waals surface area contributed by atoms with E-state index in [-0.39, 0.29) is 36.3 Å². The van der Waals surface area contributed by atoms with Crippen molar-refractivity contribution in [3.63, 3.8) is 0 Å². The van der Waals surface area contributed by atoms with Gasteiger partial charge in [0.15, 0.2) is 5.96 Å². The Bertz CT molecular complexity index is 233. The summed E-state index contributed by atoms with van der Waals surface area (Å²) in [6, 6.07) is 0. The molecule has 0 bridgehead atoms. The van der Waals surface area contributed by atoms with Crippen molar-refractivity contribution in [3.05, 3.63) is 0 Å². The molecular weight excluding hydrogens is 336 g/mol. The minimum absolute atomic E-state index is 0. The Morgan fingerprint density at radius 3 is 2.76 bits per heavy atom. The summed E-state index contributed by atoms with van der Waals surface area (Å²) in [5.74, 6) is 0.713. The van der Waals surface area contributed by atoms with E-state index >= 15 is 0 Å². The molecule has 6 heteroatoms. The van der Waals surface area contributed by atoms with Crippen LogP contribution in [0.3, 0.4) is 0 Å². The minimum atomic E-state index is -0.301. The van der Waals surface area contributed by atoms with Gasteiger partial charge in [0.05, 0.1) is 12.3 Å². The lowest BCUT2D eigenvalue weighted by Gasteiger charge is -2.24. The summed E-state index contributed by atoms with van der Waals surface area (Å²) in [6.07, 6.45) is 2.70. The van der Waals surface area contributed by atoms with Gasteiger partial charge in [0, 0.05) is 26.7 Å². The van der Waals surface area contributed by atoms with Crippen LogP contribution in [0.2, 0.25) is 0 Å². The van der Waals surface area contributed by atoms with Crippen molar-refractivity contribution in [1.82, 2.24) is 10.6 Å². The van der Waals surface area contributed by atoms with Crippen LogP contribution in [0, 0.1) is 0 Å². The average molecular weight is 359 g/mol. The van der Waals surface area contributed by atoms with Crippen LogP contribution in [0.4, 0.5) is 4.39 Å². The second-order valence-corrected chi connectivity index (χ2v) is 4.30. The highest BCUT2D eigenvalue weighted by Crippen LogP contribution is 2.23. The predicted octanol–water partition coefficient (Wildman–Crippen LogP) is 1.70. The van der Waals surface area contributed by atoms with Crippen LogP contribution >= 0.6 is 24.0 Å². The average Bonchev–Trinajstić information content (AvgIpc) is 2.71. The second kappa shape index (κ2) is 8.91. The number of hydrogen-bond donors (Lipinski definition) is 2. The van der Waals surface area contributed by atoms with E-state index in [9.17, 15) is 4.39 Å². The van der Waals surface area contributed by atoms with Gasteiger partial charge in [-0.05, 0) is 26.2 Å². The summed E-state index contributed by atoms with van der Waals surface area (Å²) in [6.45, 7) is 3.98. The Balaban J connectivity index is 0.00000256. The normalized spacial score (nSPS) is 24.3. The van der Waals surface area contributed by atoms with Crippen molar-refractivity contribution in [2.75, 3.05) is 33.4 Å². The lowest BCUT2D eigenvalue weighted by molar-refractivity contribution is 0.0243. The zero-order valence-corrected chi connectivity index (χ0v) is 12.9. The molecular formula is C11H23FIN3O. The number of ether oxygens (including phenoxy) is 1. The number of nitrogens with zero attached hydrogens (tertiary/aromatic N) is 1. The van der Waals surface area contributed by atoms with Crippen LogP contribution < -0.4 is 10.6 Å². The number of alkyl halides is 1. The maximum atomic E-state index is 11.9. The van der Waals surface area contributed by atoms with Gasteiger partial charge in [0.1, 0.15) is 0 Å². The lowest BCUT2D eigenvalue weighted by Crippen LogP contribution is -2.45. The third-order valence-corrected chi connectivity index (χ3v) is 2.76. The smallest absolute Gasteiger partial charge is 0.191 e. The van der Waals surface area contributed by atoms with Gasteiger partial charge in [0.2, 0.25) is 0 Å². The van der Waals surface area contributed by atoms with Crippen molar-refractivity contribution in [2.24, 2.45) is 4.99 Å². The third kappa shape index (κ3) is 6.40. The molecule has 1 atom stereocenters. The third-order valence-electron chi connectivity index (χ3n) is 2.76. The topological polar surface area (TPSA) is 45.7 Å². The van der Waals surface area contributed by atoms with Crippen LogP contribution in [0.25, 0.3) is 0 Å². The Morgan fingerprint density at radius 1 is 1.47 bits per heavy atom. The second-order valence-electron chi connectivity index (χ2n) is 4.30. The fraction of sp³-hybridized carbons (Fsp3) is 0.909. The largest absolute Gasteiger partial charge is 0.373 e. The zero-order chi connectivity index (χ0) is 11.9. The first kappa shape index (κ1) is 16.9. The van der Waals surface area contributed by atoms with Gasteiger partial charge in [-0.1, -0.05) is 0 Å². The number of rotatable bonds is 5. The Morgan fingerprint density at radius 2 is 2.24 bits per heavy atom. The van der Waals surface area contributed by atoms with Crippen LogP contribution in [-0.2, 0) is 4.74 Å². The Kier molecular flexibility index (Phi) is 8.85. The quantitative estimate of drug-likeness (QED) is 0.340.